The van der Waals surface area contributed by atoms with E-state index in [1.807, 2.05) is 0 Å². The lowest BCUT2D eigenvalue weighted by molar-refractivity contribution is 0.0871. The van der Waals surface area contributed by atoms with Crippen molar-refractivity contribution in [1.82, 2.24) is 10.2 Å². The molecule has 3 unspecified atom stereocenters. The first-order valence-corrected chi connectivity index (χ1v) is 7.65. The quantitative estimate of drug-likeness (QED) is 0.761. The zero-order valence-corrected chi connectivity index (χ0v) is 12.3. The van der Waals surface area contributed by atoms with Gasteiger partial charge >= 0.3 is 0 Å². The van der Waals surface area contributed by atoms with E-state index in [9.17, 15) is 5.11 Å². The fourth-order valence-corrected chi connectivity index (χ4v) is 3.30. The lowest BCUT2D eigenvalue weighted by Crippen LogP contribution is -2.52. The van der Waals surface area contributed by atoms with Crippen LogP contribution >= 0.6 is 0 Å². The number of hydrogen-bond acceptors (Lipinski definition) is 3. The molecule has 1 aliphatic heterocycles. The van der Waals surface area contributed by atoms with Crippen LogP contribution in [-0.2, 0) is 0 Å². The Balaban J connectivity index is 1.85. The number of hydrogen-bond donors (Lipinski definition) is 2. The lowest BCUT2D eigenvalue weighted by atomic mass is 9.91. The van der Waals surface area contributed by atoms with Crippen molar-refractivity contribution < 1.29 is 5.11 Å². The number of rotatable bonds is 6. The first-order chi connectivity index (χ1) is 8.52. The fraction of sp³-hybridized carbons (Fsp3) is 1.00. The molecule has 0 aromatic rings. The standard InChI is InChI=1S/C15H30N2O/c1-12-5-4-8-17(10-12)13(2)9-15(3,11-18)16-14-6-7-14/h12-14,16,18H,4-11H2,1-3H3. The van der Waals surface area contributed by atoms with Crippen molar-refractivity contribution in [3.63, 3.8) is 0 Å². The van der Waals surface area contributed by atoms with Crippen LogP contribution in [0.3, 0.4) is 0 Å². The van der Waals surface area contributed by atoms with Gasteiger partial charge in [-0.05, 0) is 58.4 Å². The van der Waals surface area contributed by atoms with Crippen LogP contribution in [0.5, 0.6) is 0 Å². The van der Waals surface area contributed by atoms with Crippen LogP contribution in [0, 0.1) is 5.92 Å². The predicted octanol–water partition coefficient (Wildman–Crippen LogP) is 2.00. The maximum Gasteiger partial charge on any atom is 0.0611 e. The van der Waals surface area contributed by atoms with Crippen LogP contribution < -0.4 is 5.32 Å². The monoisotopic (exact) mass is 254 g/mol. The van der Waals surface area contributed by atoms with E-state index < -0.39 is 0 Å². The number of likely N-dealkylation sites (tertiary alicyclic amines) is 1. The summed E-state index contributed by atoms with van der Waals surface area (Å²) < 4.78 is 0. The molecule has 0 bridgehead atoms. The minimum atomic E-state index is -0.0960. The van der Waals surface area contributed by atoms with Gasteiger partial charge < -0.3 is 15.3 Å². The maximum atomic E-state index is 9.68. The third-order valence-corrected chi connectivity index (χ3v) is 4.54. The summed E-state index contributed by atoms with van der Waals surface area (Å²) in [4.78, 5) is 2.61. The van der Waals surface area contributed by atoms with Crippen LogP contribution in [-0.4, -0.2) is 47.3 Å². The SMILES string of the molecule is CC1CCCN(C(C)CC(C)(CO)NC2CC2)C1. The molecule has 0 amide bonds. The summed E-state index contributed by atoms with van der Waals surface area (Å²) in [5.41, 5.74) is -0.0960. The molecule has 1 heterocycles. The Morgan fingerprint density at radius 3 is 2.67 bits per heavy atom. The average molecular weight is 254 g/mol. The largest absolute Gasteiger partial charge is 0.394 e. The molecule has 2 aliphatic rings. The third-order valence-electron chi connectivity index (χ3n) is 4.54. The van der Waals surface area contributed by atoms with Crippen molar-refractivity contribution in [1.29, 1.82) is 0 Å². The molecule has 0 radical (unpaired) electrons. The second kappa shape index (κ2) is 5.89. The second-order valence-corrected chi connectivity index (χ2v) is 6.93. The van der Waals surface area contributed by atoms with Crippen LogP contribution in [0.25, 0.3) is 0 Å². The highest BCUT2D eigenvalue weighted by atomic mass is 16.3. The van der Waals surface area contributed by atoms with Crippen LogP contribution in [0.15, 0.2) is 0 Å². The number of nitrogens with one attached hydrogen (secondary N) is 1. The number of aliphatic hydroxyl groups excluding tert-OH is 1. The fourth-order valence-electron chi connectivity index (χ4n) is 3.30. The third kappa shape index (κ3) is 3.94. The van der Waals surface area contributed by atoms with Gasteiger partial charge in [-0.3, -0.25) is 0 Å². The van der Waals surface area contributed by atoms with Crippen LogP contribution in [0.4, 0.5) is 0 Å². The predicted molar refractivity (Wildman–Crippen MR) is 75.7 cm³/mol. The van der Waals surface area contributed by atoms with Gasteiger partial charge in [0.1, 0.15) is 0 Å². The molecule has 3 nitrogen and oxygen atoms in total. The first kappa shape index (κ1) is 14.3. The summed E-state index contributed by atoms with van der Waals surface area (Å²) in [5, 5.41) is 13.3. The molecule has 1 saturated carbocycles. The lowest BCUT2D eigenvalue weighted by Gasteiger charge is -2.40. The molecule has 2 rings (SSSR count). The van der Waals surface area contributed by atoms with Crippen molar-refractivity contribution in [2.24, 2.45) is 5.92 Å². The Kier molecular flexibility index (Phi) is 4.68. The van der Waals surface area contributed by atoms with E-state index in [1.165, 1.54) is 38.8 Å². The molecule has 1 aliphatic carbocycles. The Morgan fingerprint density at radius 2 is 2.11 bits per heavy atom. The average Bonchev–Trinajstić information content (AvgIpc) is 3.12. The van der Waals surface area contributed by atoms with Gasteiger partial charge in [-0.25, -0.2) is 0 Å². The van der Waals surface area contributed by atoms with Crippen LogP contribution in [0.2, 0.25) is 0 Å². The van der Waals surface area contributed by atoms with E-state index in [-0.39, 0.29) is 12.1 Å². The molecule has 0 aromatic carbocycles. The van der Waals surface area contributed by atoms with Crippen molar-refractivity contribution in [2.75, 3.05) is 19.7 Å². The van der Waals surface area contributed by atoms with E-state index in [2.05, 4.69) is 31.0 Å². The Labute approximate surface area is 112 Å². The smallest absolute Gasteiger partial charge is 0.0611 e. The zero-order valence-electron chi connectivity index (χ0n) is 12.3. The molecule has 0 spiro atoms. The number of nitrogens with zero attached hydrogens (tertiary/aromatic N) is 1. The molecule has 1 saturated heterocycles. The summed E-state index contributed by atoms with van der Waals surface area (Å²) in [6.07, 6.45) is 6.32. The highest BCUT2D eigenvalue weighted by Gasteiger charge is 2.34. The number of piperidine rings is 1. The van der Waals surface area contributed by atoms with E-state index >= 15 is 0 Å². The Bertz CT molecular complexity index is 267. The first-order valence-electron chi connectivity index (χ1n) is 7.65. The van der Waals surface area contributed by atoms with Gasteiger partial charge in [0.2, 0.25) is 0 Å². The highest BCUT2D eigenvalue weighted by molar-refractivity contribution is 4.94. The molecule has 3 atom stereocenters. The van der Waals surface area contributed by atoms with E-state index in [0.29, 0.717) is 12.1 Å². The second-order valence-electron chi connectivity index (χ2n) is 6.93. The molecular weight excluding hydrogens is 224 g/mol. The zero-order chi connectivity index (χ0) is 13.2. The summed E-state index contributed by atoms with van der Waals surface area (Å²) >= 11 is 0. The Hall–Kier alpha value is -0.120. The van der Waals surface area contributed by atoms with Gasteiger partial charge in [-0.15, -0.1) is 0 Å². The van der Waals surface area contributed by atoms with Crippen molar-refractivity contribution in [2.45, 2.75) is 70.5 Å². The molecular formula is C15H30N2O. The van der Waals surface area contributed by atoms with Gasteiger partial charge in [0.25, 0.3) is 0 Å². The molecule has 3 heteroatoms. The van der Waals surface area contributed by atoms with E-state index in [4.69, 9.17) is 0 Å². The van der Waals surface area contributed by atoms with Gasteiger partial charge in [0.15, 0.2) is 0 Å². The minimum absolute atomic E-state index is 0.0960. The van der Waals surface area contributed by atoms with Crippen molar-refractivity contribution >= 4 is 0 Å². The minimum Gasteiger partial charge on any atom is -0.394 e. The molecule has 2 N–H and O–H groups in total. The normalized spacial score (nSPS) is 31.0. The highest BCUT2D eigenvalue weighted by Crippen LogP contribution is 2.27. The van der Waals surface area contributed by atoms with Gasteiger partial charge in [-0.2, -0.15) is 0 Å². The summed E-state index contributed by atoms with van der Waals surface area (Å²) in [6.45, 7) is 9.56. The van der Waals surface area contributed by atoms with E-state index in [0.717, 1.165) is 12.3 Å². The van der Waals surface area contributed by atoms with Crippen LogP contribution in [0.1, 0.15) is 52.9 Å². The summed E-state index contributed by atoms with van der Waals surface area (Å²) in [6, 6.07) is 1.23. The van der Waals surface area contributed by atoms with Crippen molar-refractivity contribution in [3.05, 3.63) is 0 Å². The molecule has 0 aromatic heterocycles. The maximum absolute atomic E-state index is 9.68. The molecule has 106 valence electrons. The topological polar surface area (TPSA) is 35.5 Å². The van der Waals surface area contributed by atoms with Gasteiger partial charge in [-0.1, -0.05) is 6.92 Å². The van der Waals surface area contributed by atoms with E-state index in [1.54, 1.807) is 0 Å². The summed E-state index contributed by atoms with van der Waals surface area (Å²) in [7, 11) is 0. The van der Waals surface area contributed by atoms with Gasteiger partial charge in [0.05, 0.1) is 6.61 Å². The molecule has 2 fully saturated rings. The molecule has 18 heavy (non-hydrogen) atoms. The number of aliphatic hydroxyl groups is 1. The summed E-state index contributed by atoms with van der Waals surface area (Å²) in [5.74, 6) is 0.831. The van der Waals surface area contributed by atoms with Gasteiger partial charge in [0, 0.05) is 24.2 Å². The Morgan fingerprint density at radius 1 is 1.39 bits per heavy atom. The van der Waals surface area contributed by atoms with Crippen molar-refractivity contribution in [3.8, 4) is 0 Å².